The predicted molar refractivity (Wildman–Crippen MR) is 102 cm³/mol. The number of nitrogens with zero attached hydrogens (tertiary/aromatic N) is 1. The average Bonchev–Trinajstić information content (AvgIpc) is 3.52. The number of rotatable bonds is 7. The molecule has 0 radical (unpaired) electrons. The summed E-state index contributed by atoms with van der Waals surface area (Å²) in [5.74, 6) is 0.977. The molecule has 0 aliphatic heterocycles. The van der Waals surface area contributed by atoms with E-state index >= 15 is 0 Å². The van der Waals surface area contributed by atoms with Gasteiger partial charge in [-0.15, -0.1) is 0 Å². The molecule has 1 aromatic heterocycles. The standard InChI is InChI=1S/C21H30N2O3/c1-14-4-7-18(22)23(14)19-15(2)17(24)8-9-20(19,3)26-13-21(10-11-21)12-25-16-5-6-16/h4,7-9,16,19,24H,5-6,10-13,22H2,1-3H3. The smallest absolute Gasteiger partial charge is 0.116 e. The fourth-order valence-electron chi connectivity index (χ4n) is 3.88. The summed E-state index contributed by atoms with van der Waals surface area (Å²) in [5, 5.41) is 10.3. The van der Waals surface area contributed by atoms with Gasteiger partial charge in [0.25, 0.3) is 0 Å². The van der Waals surface area contributed by atoms with E-state index in [0.717, 1.165) is 30.7 Å². The first-order valence-electron chi connectivity index (χ1n) is 9.61. The van der Waals surface area contributed by atoms with E-state index in [1.165, 1.54) is 12.8 Å². The van der Waals surface area contributed by atoms with Crippen LogP contribution in [-0.4, -0.2) is 34.6 Å². The van der Waals surface area contributed by atoms with Crippen molar-refractivity contribution in [3.63, 3.8) is 0 Å². The Kier molecular flexibility index (Phi) is 4.20. The van der Waals surface area contributed by atoms with Gasteiger partial charge in [0.2, 0.25) is 0 Å². The highest BCUT2D eigenvalue weighted by molar-refractivity contribution is 5.42. The summed E-state index contributed by atoms with van der Waals surface area (Å²) in [6, 6.07) is 3.75. The van der Waals surface area contributed by atoms with Crippen LogP contribution in [0.1, 0.15) is 51.3 Å². The summed E-state index contributed by atoms with van der Waals surface area (Å²) in [6.07, 6.45) is 8.93. The van der Waals surface area contributed by atoms with Crippen molar-refractivity contribution in [2.75, 3.05) is 18.9 Å². The zero-order chi connectivity index (χ0) is 18.5. The Morgan fingerprint density at radius 3 is 2.54 bits per heavy atom. The first-order valence-corrected chi connectivity index (χ1v) is 9.61. The van der Waals surface area contributed by atoms with E-state index in [9.17, 15) is 5.11 Å². The molecule has 2 fully saturated rings. The summed E-state index contributed by atoms with van der Waals surface area (Å²) in [4.78, 5) is 0. The second kappa shape index (κ2) is 6.17. The van der Waals surface area contributed by atoms with Crippen LogP contribution < -0.4 is 5.73 Å². The topological polar surface area (TPSA) is 69.6 Å². The summed E-state index contributed by atoms with van der Waals surface area (Å²) in [7, 11) is 0. The molecule has 3 aliphatic carbocycles. The zero-order valence-corrected chi connectivity index (χ0v) is 16.0. The second-order valence-electron chi connectivity index (χ2n) is 8.56. The third-order valence-electron chi connectivity index (χ3n) is 6.14. The van der Waals surface area contributed by atoms with Crippen LogP contribution >= 0.6 is 0 Å². The molecule has 5 nitrogen and oxygen atoms in total. The maximum atomic E-state index is 10.3. The minimum absolute atomic E-state index is 0.164. The molecule has 0 amide bonds. The third kappa shape index (κ3) is 3.19. The number of aliphatic hydroxyl groups is 1. The van der Waals surface area contributed by atoms with E-state index in [-0.39, 0.29) is 11.5 Å². The normalized spacial score (nSPS) is 30.0. The van der Waals surface area contributed by atoms with Gasteiger partial charge in [-0.2, -0.15) is 0 Å². The highest BCUT2D eigenvalue weighted by Gasteiger charge is 2.48. The first kappa shape index (κ1) is 17.7. The number of nitrogen functional groups attached to an aromatic ring is 1. The molecule has 1 aromatic rings. The minimum atomic E-state index is -0.566. The Balaban J connectivity index is 1.55. The van der Waals surface area contributed by atoms with Crippen LogP contribution in [0.3, 0.4) is 0 Å². The number of aryl methyl sites for hydroxylation is 1. The Hall–Kier alpha value is -1.72. The van der Waals surface area contributed by atoms with Crippen LogP contribution in [0.15, 0.2) is 35.6 Å². The van der Waals surface area contributed by atoms with Crippen molar-refractivity contribution in [2.45, 2.75) is 64.2 Å². The lowest BCUT2D eigenvalue weighted by Gasteiger charge is -2.41. The van der Waals surface area contributed by atoms with Crippen LogP contribution in [-0.2, 0) is 9.47 Å². The van der Waals surface area contributed by atoms with Gasteiger partial charge in [-0.05, 0) is 76.3 Å². The number of hydrogen-bond donors (Lipinski definition) is 2. The number of aliphatic hydroxyl groups excluding tert-OH is 1. The van der Waals surface area contributed by atoms with Crippen molar-refractivity contribution >= 4 is 5.82 Å². The van der Waals surface area contributed by atoms with Crippen molar-refractivity contribution in [3.8, 4) is 0 Å². The highest BCUT2D eigenvalue weighted by atomic mass is 16.5. The van der Waals surface area contributed by atoms with Gasteiger partial charge in [0.15, 0.2) is 0 Å². The molecule has 3 N–H and O–H groups in total. The van der Waals surface area contributed by atoms with Gasteiger partial charge in [-0.25, -0.2) is 0 Å². The van der Waals surface area contributed by atoms with Crippen molar-refractivity contribution in [1.29, 1.82) is 0 Å². The van der Waals surface area contributed by atoms with E-state index < -0.39 is 5.60 Å². The van der Waals surface area contributed by atoms with Crippen molar-refractivity contribution < 1.29 is 14.6 Å². The maximum absolute atomic E-state index is 10.3. The lowest BCUT2D eigenvalue weighted by molar-refractivity contribution is -0.0633. The Morgan fingerprint density at radius 1 is 1.23 bits per heavy atom. The Bertz CT molecular complexity index is 736. The number of nitrogens with two attached hydrogens (primary N) is 1. The highest BCUT2D eigenvalue weighted by Crippen LogP contribution is 2.49. The van der Waals surface area contributed by atoms with Gasteiger partial charge >= 0.3 is 0 Å². The quantitative estimate of drug-likeness (QED) is 0.771. The molecule has 5 heteroatoms. The average molecular weight is 358 g/mol. The molecule has 2 atom stereocenters. The number of allylic oxidation sites excluding steroid dienone is 1. The van der Waals surface area contributed by atoms with Crippen LogP contribution in [0.4, 0.5) is 5.82 Å². The van der Waals surface area contributed by atoms with Crippen molar-refractivity contribution in [3.05, 3.63) is 41.3 Å². The number of aromatic nitrogens is 1. The van der Waals surface area contributed by atoms with Gasteiger partial charge in [0.05, 0.1) is 25.4 Å². The lowest BCUT2D eigenvalue weighted by atomic mass is 9.84. The van der Waals surface area contributed by atoms with E-state index in [1.807, 2.05) is 32.1 Å². The molecule has 1 heterocycles. The number of ether oxygens (including phenoxy) is 2. The van der Waals surface area contributed by atoms with Crippen molar-refractivity contribution in [2.24, 2.45) is 5.41 Å². The fraction of sp³-hybridized carbons (Fsp3) is 0.619. The molecule has 26 heavy (non-hydrogen) atoms. The molecule has 0 aromatic carbocycles. The SMILES string of the molecule is CC1=C(O)C=CC(C)(OCC2(COC3CC3)CC2)C1n1c(C)ccc1N. The van der Waals surface area contributed by atoms with E-state index in [4.69, 9.17) is 15.2 Å². The van der Waals surface area contributed by atoms with Gasteiger partial charge in [-0.3, -0.25) is 0 Å². The first-order chi connectivity index (χ1) is 12.3. The van der Waals surface area contributed by atoms with Crippen LogP contribution in [0.5, 0.6) is 0 Å². The Labute approximate surface area is 155 Å². The molecular weight excluding hydrogens is 328 g/mol. The summed E-state index contributed by atoms with van der Waals surface area (Å²) >= 11 is 0. The Morgan fingerprint density at radius 2 is 1.96 bits per heavy atom. The van der Waals surface area contributed by atoms with Crippen LogP contribution in [0.25, 0.3) is 0 Å². The van der Waals surface area contributed by atoms with E-state index in [1.54, 1.807) is 6.08 Å². The van der Waals surface area contributed by atoms with Crippen LogP contribution in [0, 0.1) is 12.3 Å². The molecule has 0 bridgehead atoms. The number of anilines is 1. The van der Waals surface area contributed by atoms with E-state index in [2.05, 4.69) is 11.5 Å². The zero-order valence-electron chi connectivity index (χ0n) is 16.0. The lowest BCUT2D eigenvalue weighted by Crippen LogP contribution is -2.42. The molecule has 142 valence electrons. The number of hydrogen-bond acceptors (Lipinski definition) is 4. The largest absolute Gasteiger partial charge is 0.508 e. The molecule has 2 unspecified atom stereocenters. The monoisotopic (exact) mass is 358 g/mol. The van der Waals surface area contributed by atoms with Gasteiger partial charge in [0, 0.05) is 11.1 Å². The fourth-order valence-corrected chi connectivity index (χ4v) is 3.88. The molecule has 0 spiro atoms. The summed E-state index contributed by atoms with van der Waals surface area (Å²) < 4.78 is 14.5. The molecule has 3 aliphatic rings. The minimum Gasteiger partial charge on any atom is -0.508 e. The van der Waals surface area contributed by atoms with Crippen molar-refractivity contribution in [1.82, 2.24) is 4.57 Å². The third-order valence-corrected chi connectivity index (χ3v) is 6.14. The van der Waals surface area contributed by atoms with Gasteiger partial charge in [0.1, 0.15) is 17.2 Å². The summed E-state index contributed by atoms with van der Waals surface area (Å²) in [5.41, 5.74) is 7.77. The van der Waals surface area contributed by atoms with Gasteiger partial charge < -0.3 is 24.9 Å². The molecule has 4 rings (SSSR count). The maximum Gasteiger partial charge on any atom is 0.116 e. The molecule has 2 saturated carbocycles. The molecule has 0 saturated heterocycles. The predicted octanol–water partition coefficient (Wildman–Crippen LogP) is 4.06. The second-order valence-corrected chi connectivity index (χ2v) is 8.56. The van der Waals surface area contributed by atoms with E-state index in [0.29, 0.717) is 24.3 Å². The molecular formula is C21H30N2O3. The van der Waals surface area contributed by atoms with Crippen LogP contribution in [0.2, 0.25) is 0 Å². The van der Waals surface area contributed by atoms with Gasteiger partial charge in [-0.1, -0.05) is 0 Å². The summed E-state index contributed by atoms with van der Waals surface area (Å²) in [6.45, 7) is 7.54.